The summed E-state index contributed by atoms with van der Waals surface area (Å²) >= 11 is 0. The molecular weight excluding hydrogens is 354 g/mol. The van der Waals surface area contributed by atoms with Gasteiger partial charge in [-0.3, -0.25) is 0 Å². The van der Waals surface area contributed by atoms with Crippen molar-refractivity contribution in [3.8, 4) is 0 Å². The highest BCUT2D eigenvalue weighted by Gasteiger charge is 2.50. The quantitative estimate of drug-likeness (QED) is 0.803. The third-order valence-electron chi connectivity index (χ3n) is 5.51. The number of carbonyl (C=O) groups is 1. The molecule has 0 aliphatic carbocycles. The molecule has 0 radical (unpaired) electrons. The fourth-order valence-corrected chi connectivity index (χ4v) is 8.79. The summed E-state index contributed by atoms with van der Waals surface area (Å²) in [6.45, 7) is 8.54. The molecule has 0 unspecified atom stereocenters. The highest BCUT2D eigenvalue weighted by Crippen LogP contribution is 2.37. The molecule has 1 N–H and O–H groups in total. The number of amides is 1. The highest BCUT2D eigenvalue weighted by atomic mass is 28.4. The van der Waals surface area contributed by atoms with E-state index in [9.17, 15) is 9.90 Å². The lowest BCUT2D eigenvalue weighted by atomic mass is 10.1. The maximum absolute atomic E-state index is 11.2. The van der Waals surface area contributed by atoms with Crippen LogP contribution in [0.4, 0.5) is 4.79 Å². The van der Waals surface area contributed by atoms with Gasteiger partial charge in [-0.05, 0) is 21.8 Å². The molecule has 27 heavy (non-hydrogen) atoms. The lowest BCUT2D eigenvalue weighted by Gasteiger charge is -2.43. The third-order valence-corrected chi connectivity index (χ3v) is 10.5. The van der Waals surface area contributed by atoms with Gasteiger partial charge in [-0.2, -0.15) is 0 Å². The van der Waals surface area contributed by atoms with Gasteiger partial charge < -0.3 is 14.4 Å². The van der Waals surface area contributed by atoms with Crippen LogP contribution < -0.4 is 10.4 Å². The molecule has 1 atom stereocenters. The molecule has 1 fully saturated rings. The molecule has 1 heterocycles. The number of carboxylic acid groups (broad SMARTS) is 1. The van der Waals surface area contributed by atoms with E-state index >= 15 is 0 Å². The van der Waals surface area contributed by atoms with Gasteiger partial charge in [-0.15, -0.1) is 0 Å². The van der Waals surface area contributed by atoms with Crippen LogP contribution in [-0.2, 0) is 4.43 Å². The summed E-state index contributed by atoms with van der Waals surface area (Å²) in [6.07, 6.45) is 0.0350. The molecule has 3 rings (SSSR count). The van der Waals surface area contributed by atoms with E-state index in [1.807, 2.05) is 12.1 Å². The van der Waals surface area contributed by atoms with E-state index in [2.05, 4.69) is 69.3 Å². The van der Waals surface area contributed by atoms with Gasteiger partial charge in [0.25, 0.3) is 8.32 Å². The van der Waals surface area contributed by atoms with E-state index in [1.165, 1.54) is 15.3 Å². The zero-order valence-electron chi connectivity index (χ0n) is 16.4. The maximum atomic E-state index is 11.2. The number of nitrogens with zero attached hydrogens (tertiary/aromatic N) is 1. The Bertz CT molecular complexity index is 719. The molecule has 1 aliphatic rings. The fourth-order valence-electron chi connectivity index (χ4n) is 4.15. The van der Waals surface area contributed by atoms with Crippen LogP contribution in [0.3, 0.4) is 0 Å². The number of hydrogen-bond acceptors (Lipinski definition) is 2. The maximum Gasteiger partial charge on any atom is 0.407 e. The van der Waals surface area contributed by atoms with Crippen LogP contribution in [0.5, 0.6) is 0 Å². The molecule has 4 nitrogen and oxygen atoms in total. The van der Waals surface area contributed by atoms with Crippen LogP contribution >= 0.6 is 0 Å². The van der Waals surface area contributed by atoms with E-state index in [0.29, 0.717) is 19.7 Å². The van der Waals surface area contributed by atoms with Crippen molar-refractivity contribution >= 4 is 24.8 Å². The average Bonchev–Trinajstić information content (AvgIpc) is 3.12. The molecule has 144 valence electrons. The second-order valence-corrected chi connectivity index (χ2v) is 12.7. The Morgan fingerprint density at radius 1 is 1.07 bits per heavy atom. The Hall–Kier alpha value is -2.11. The monoisotopic (exact) mass is 383 g/mol. The fraction of sp³-hybridized carbons (Fsp3) is 0.409. The SMILES string of the molecule is CC(C)(C)[Si](OC[C@@H]1CCN(C(=O)O)C1)(c1ccccc1)c1ccccc1. The van der Waals surface area contributed by atoms with Crippen molar-refractivity contribution in [1.82, 2.24) is 4.90 Å². The van der Waals surface area contributed by atoms with Gasteiger partial charge in [0, 0.05) is 25.6 Å². The Labute approximate surface area is 162 Å². The molecule has 0 spiro atoms. The van der Waals surface area contributed by atoms with Crippen molar-refractivity contribution in [3.63, 3.8) is 0 Å². The summed E-state index contributed by atoms with van der Waals surface area (Å²) in [6, 6.07) is 21.1. The Morgan fingerprint density at radius 3 is 2.00 bits per heavy atom. The molecular formula is C22H29NO3Si. The van der Waals surface area contributed by atoms with Gasteiger partial charge in [0.2, 0.25) is 0 Å². The van der Waals surface area contributed by atoms with Crippen LogP contribution in [0, 0.1) is 5.92 Å². The number of rotatable bonds is 5. The van der Waals surface area contributed by atoms with Crippen LogP contribution in [-0.4, -0.2) is 44.1 Å². The van der Waals surface area contributed by atoms with E-state index in [0.717, 1.165) is 6.42 Å². The van der Waals surface area contributed by atoms with Gasteiger partial charge in [0.15, 0.2) is 0 Å². The molecule has 0 aromatic heterocycles. The minimum absolute atomic E-state index is 0.0548. The summed E-state index contributed by atoms with van der Waals surface area (Å²) in [5.41, 5.74) is 0. The van der Waals surface area contributed by atoms with Crippen LogP contribution in [0.25, 0.3) is 0 Å². The van der Waals surface area contributed by atoms with Crippen molar-refractivity contribution in [2.75, 3.05) is 19.7 Å². The summed E-state index contributed by atoms with van der Waals surface area (Å²) in [5.74, 6) is 0.253. The number of benzene rings is 2. The van der Waals surface area contributed by atoms with Gasteiger partial charge in [0.1, 0.15) is 0 Å². The van der Waals surface area contributed by atoms with E-state index in [1.54, 1.807) is 0 Å². The lowest BCUT2D eigenvalue weighted by molar-refractivity contribution is 0.151. The zero-order valence-corrected chi connectivity index (χ0v) is 17.4. The first kappa shape index (κ1) is 19.6. The summed E-state index contributed by atoms with van der Waals surface area (Å²) < 4.78 is 6.90. The molecule has 2 aromatic rings. The standard InChI is InChI=1S/C22H29NO3Si/c1-22(2,3)27(19-10-6-4-7-11-19,20-12-8-5-9-13-20)26-17-18-14-15-23(16-18)21(24)25/h4-13,18H,14-17H2,1-3H3,(H,24,25)/t18-/m1/s1. The predicted octanol–water partition coefficient (Wildman–Crippen LogP) is 3.56. The summed E-state index contributed by atoms with van der Waals surface area (Å²) in [4.78, 5) is 12.7. The Balaban J connectivity index is 1.96. The smallest absolute Gasteiger partial charge is 0.407 e. The van der Waals surface area contributed by atoms with Gasteiger partial charge >= 0.3 is 6.09 Å². The summed E-state index contributed by atoms with van der Waals surface area (Å²) in [7, 11) is -2.53. The van der Waals surface area contributed by atoms with Crippen molar-refractivity contribution in [2.45, 2.75) is 32.2 Å². The van der Waals surface area contributed by atoms with Crippen molar-refractivity contribution in [3.05, 3.63) is 60.7 Å². The van der Waals surface area contributed by atoms with E-state index < -0.39 is 14.4 Å². The van der Waals surface area contributed by atoms with E-state index in [-0.39, 0.29) is 11.0 Å². The van der Waals surface area contributed by atoms with Gasteiger partial charge in [-0.25, -0.2) is 4.79 Å². The first-order chi connectivity index (χ1) is 12.8. The Morgan fingerprint density at radius 2 is 1.59 bits per heavy atom. The normalized spacial score (nSPS) is 17.9. The minimum atomic E-state index is -2.53. The topological polar surface area (TPSA) is 49.8 Å². The van der Waals surface area contributed by atoms with E-state index in [4.69, 9.17) is 4.43 Å². The second kappa shape index (κ2) is 7.86. The highest BCUT2D eigenvalue weighted by molar-refractivity contribution is 6.99. The van der Waals surface area contributed by atoms with Crippen molar-refractivity contribution in [2.24, 2.45) is 5.92 Å². The summed E-state index contributed by atoms with van der Waals surface area (Å²) in [5, 5.41) is 11.7. The van der Waals surface area contributed by atoms with Crippen LogP contribution in [0.15, 0.2) is 60.7 Å². The predicted molar refractivity (Wildman–Crippen MR) is 111 cm³/mol. The number of hydrogen-bond donors (Lipinski definition) is 1. The van der Waals surface area contributed by atoms with Crippen LogP contribution in [0.2, 0.25) is 5.04 Å². The van der Waals surface area contributed by atoms with Crippen molar-refractivity contribution in [1.29, 1.82) is 0 Å². The first-order valence-corrected chi connectivity index (χ1v) is 11.5. The molecule has 0 bridgehead atoms. The van der Waals surface area contributed by atoms with Crippen LogP contribution in [0.1, 0.15) is 27.2 Å². The molecule has 1 aliphatic heterocycles. The largest absolute Gasteiger partial charge is 0.465 e. The molecule has 5 heteroatoms. The average molecular weight is 384 g/mol. The zero-order chi connectivity index (χ0) is 19.5. The molecule has 2 aromatic carbocycles. The molecule has 1 saturated heterocycles. The third kappa shape index (κ3) is 3.94. The number of likely N-dealkylation sites (tertiary alicyclic amines) is 1. The lowest BCUT2D eigenvalue weighted by Crippen LogP contribution is -2.67. The minimum Gasteiger partial charge on any atom is -0.465 e. The van der Waals surface area contributed by atoms with Gasteiger partial charge in [0.05, 0.1) is 0 Å². The Kier molecular flexibility index (Phi) is 5.72. The first-order valence-electron chi connectivity index (χ1n) is 9.57. The van der Waals surface area contributed by atoms with Gasteiger partial charge in [-0.1, -0.05) is 81.4 Å². The second-order valence-electron chi connectivity index (χ2n) is 8.36. The molecule has 1 amide bonds. The molecule has 0 saturated carbocycles. The van der Waals surface area contributed by atoms with Crippen molar-refractivity contribution < 1.29 is 14.3 Å².